The number of fused-ring (bicyclic) bond motifs is 1. The lowest BCUT2D eigenvalue weighted by atomic mass is 10.1. The number of rotatable bonds is 3. The molecule has 4 heteroatoms. The van der Waals surface area contributed by atoms with E-state index in [0.717, 1.165) is 22.0 Å². The van der Waals surface area contributed by atoms with Crippen molar-refractivity contribution in [3.63, 3.8) is 0 Å². The lowest BCUT2D eigenvalue weighted by Gasteiger charge is -2.09. The van der Waals surface area contributed by atoms with Crippen LogP contribution in [0.25, 0.3) is 16.5 Å². The van der Waals surface area contributed by atoms with Gasteiger partial charge in [-0.1, -0.05) is 18.6 Å². The van der Waals surface area contributed by atoms with Crippen LogP contribution in [0.1, 0.15) is 18.2 Å². The van der Waals surface area contributed by atoms with E-state index in [9.17, 15) is 0 Å². The molecule has 1 aromatic heterocycles. The number of aromatic nitrogens is 1. The summed E-state index contributed by atoms with van der Waals surface area (Å²) in [6, 6.07) is 8.06. The molecule has 0 fully saturated rings. The van der Waals surface area contributed by atoms with Crippen molar-refractivity contribution in [1.82, 2.24) is 4.98 Å². The van der Waals surface area contributed by atoms with Gasteiger partial charge in [0.25, 0.3) is 0 Å². The van der Waals surface area contributed by atoms with Gasteiger partial charge in [0.05, 0.1) is 6.61 Å². The molecule has 1 aromatic carbocycles. The Labute approximate surface area is 129 Å². The number of ether oxygens (including phenoxy) is 1. The van der Waals surface area contributed by atoms with Crippen LogP contribution in [0.4, 0.5) is 0 Å². The summed E-state index contributed by atoms with van der Waals surface area (Å²) < 4.78 is 5.46. The minimum Gasteiger partial charge on any atom is -0.492 e. The lowest BCUT2D eigenvalue weighted by Crippen LogP contribution is -1.95. The fourth-order valence-corrected chi connectivity index (χ4v) is 2.28. The van der Waals surface area contributed by atoms with Crippen LogP contribution in [0.5, 0.6) is 0 Å². The minimum absolute atomic E-state index is 0.585. The molecule has 0 unspecified atom stereocenters. The molecule has 0 spiro atoms. The molecule has 0 N–H and O–H groups in total. The molecule has 0 aliphatic rings. The predicted octanol–water partition coefficient (Wildman–Crippen LogP) is 4.63. The summed E-state index contributed by atoms with van der Waals surface area (Å²) in [4.78, 5) is 4.37. The molecule has 0 saturated carbocycles. The standard InChI is InChI=1S/C15H12INOS/c1-3-18-11(2)15-14-10-12(7-9-19-16)4-5-13(14)6-8-17-15/h4-6,8,10H,2-3H2,1H3. The van der Waals surface area contributed by atoms with Gasteiger partial charge in [-0.25, -0.2) is 0 Å². The molecule has 2 nitrogen and oxygen atoms in total. The highest BCUT2D eigenvalue weighted by Gasteiger charge is 2.07. The molecular weight excluding hydrogens is 369 g/mol. The quantitative estimate of drug-likeness (QED) is 0.440. The Kier molecular flexibility index (Phi) is 5.11. The van der Waals surface area contributed by atoms with Crippen LogP contribution in [-0.4, -0.2) is 11.6 Å². The second-order valence-electron chi connectivity index (χ2n) is 3.76. The smallest absolute Gasteiger partial charge is 0.138 e. The summed E-state index contributed by atoms with van der Waals surface area (Å²) >= 11 is 2.16. The fraction of sp³-hybridized carbons (Fsp3) is 0.133. The SMILES string of the molecule is C=C(OCC)c1nccc2ccc(C#CSI)cc12. The number of halogens is 1. The predicted molar refractivity (Wildman–Crippen MR) is 90.9 cm³/mol. The van der Waals surface area contributed by atoms with Crippen LogP contribution in [0.2, 0.25) is 0 Å². The normalized spacial score (nSPS) is 9.79. The fourth-order valence-electron chi connectivity index (χ4n) is 1.79. The van der Waals surface area contributed by atoms with Crippen LogP contribution < -0.4 is 0 Å². The maximum atomic E-state index is 5.46. The third-order valence-corrected chi connectivity index (χ3v) is 3.42. The minimum atomic E-state index is 0.585. The molecule has 1 heterocycles. The average molecular weight is 381 g/mol. The molecule has 2 aromatic rings. The Bertz CT molecular complexity index is 673. The zero-order chi connectivity index (χ0) is 13.7. The van der Waals surface area contributed by atoms with Gasteiger partial charge < -0.3 is 4.74 Å². The number of hydrogen-bond acceptors (Lipinski definition) is 3. The lowest BCUT2D eigenvalue weighted by molar-refractivity contribution is 0.298. The van der Waals surface area contributed by atoms with Gasteiger partial charge in [-0.2, -0.15) is 0 Å². The first-order valence-electron chi connectivity index (χ1n) is 5.75. The molecule has 0 atom stereocenters. The van der Waals surface area contributed by atoms with Gasteiger partial charge in [-0.05, 0) is 44.7 Å². The van der Waals surface area contributed by atoms with Gasteiger partial charge in [0.1, 0.15) is 11.5 Å². The Morgan fingerprint density at radius 1 is 1.47 bits per heavy atom. The molecule has 2 rings (SSSR count). The zero-order valence-electron chi connectivity index (χ0n) is 10.4. The number of nitrogens with zero attached hydrogens (tertiary/aromatic N) is 1. The maximum Gasteiger partial charge on any atom is 0.138 e. The summed E-state index contributed by atoms with van der Waals surface area (Å²) in [5, 5.41) is 5.11. The van der Waals surface area contributed by atoms with Crippen LogP contribution in [0.15, 0.2) is 37.0 Å². The number of benzene rings is 1. The highest BCUT2D eigenvalue weighted by atomic mass is 127. The summed E-state index contributed by atoms with van der Waals surface area (Å²) in [5.74, 6) is 3.69. The first-order chi connectivity index (χ1) is 9.26. The Morgan fingerprint density at radius 2 is 2.32 bits per heavy atom. The van der Waals surface area contributed by atoms with E-state index in [1.165, 1.54) is 8.93 Å². The average Bonchev–Trinajstić information content (AvgIpc) is 2.44. The van der Waals surface area contributed by atoms with E-state index in [1.54, 1.807) is 6.20 Å². The van der Waals surface area contributed by atoms with Crippen molar-refractivity contribution in [2.45, 2.75) is 6.92 Å². The summed E-state index contributed by atoms with van der Waals surface area (Å²) in [7, 11) is 1.47. The molecule has 0 bridgehead atoms. The maximum absolute atomic E-state index is 5.46. The van der Waals surface area contributed by atoms with E-state index in [1.807, 2.05) is 31.2 Å². The summed E-state index contributed by atoms with van der Waals surface area (Å²) in [5.41, 5.74) is 1.75. The third kappa shape index (κ3) is 3.43. The van der Waals surface area contributed by atoms with Gasteiger partial charge in [0.15, 0.2) is 0 Å². The van der Waals surface area contributed by atoms with Crippen molar-refractivity contribution in [2.24, 2.45) is 0 Å². The van der Waals surface area contributed by atoms with E-state index in [2.05, 4.69) is 43.9 Å². The molecular formula is C15H12INOS. The molecule has 96 valence electrons. The topological polar surface area (TPSA) is 22.1 Å². The van der Waals surface area contributed by atoms with Crippen molar-refractivity contribution in [3.05, 3.63) is 48.3 Å². The highest BCUT2D eigenvalue weighted by Crippen LogP contribution is 2.24. The first kappa shape index (κ1) is 14.2. The molecule has 19 heavy (non-hydrogen) atoms. The van der Waals surface area contributed by atoms with Crippen LogP contribution in [0, 0.1) is 11.2 Å². The van der Waals surface area contributed by atoms with Crippen molar-refractivity contribution < 1.29 is 4.74 Å². The van der Waals surface area contributed by atoms with E-state index < -0.39 is 0 Å². The highest BCUT2D eigenvalue weighted by molar-refractivity contribution is 14.2. The Balaban J connectivity index is 2.55. The van der Waals surface area contributed by atoms with E-state index in [-0.39, 0.29) is 0 Å². The van der Waals surface area contributed by atoms with E-state index in [4.69, 9.17) is 4.74 Å². The van der Waals surface area contributed by atoms with Gasteiger partial charge >= 0.3 is 0 Å². The van der Waals surface area contributed by atoms with E-state index >= 15 is 0 Å². The van der Waals surface area contributed by atoms with Crippen molar-refractivity contribution in [2.75, 3.05) is 6.61 Å². The largest absolute Gasteiger partial charge is 0.492 e. The van der Waals surface area contributed by atoms with Crippen LogP contribution >= 0.6 is 30.1 Å². The monoisotopic (exact) mass is 381 g/mol. The van der Waals surface area contributed by atoms with Gasteiger partial charge in [0.2, 0.25) is 0 Å². The van der Waals surface area contributed by atoms with Gasteiger partial charge in [0, 0.05) is 38.4 Å². The molecule has 0 radical (unpaired) electrons. The second kappa shape index (κ2) is 6.83. The third-order valence-electron chi connectivity index (χ3n) is 2.58. The van der Waals surface area contributed by atoms with Crippen LogP contribution in [-0.2, 0) is 4.74 Å². The molecule has 0 aliphatic carbocycles. The van der Waals surface area contributed by atoms with Crippen molar-refractivity contribution in [1.29, 1.82) is 0 Å². The second-order valence-corrected chi connectivity index (χ2v) is 5.44. The number of pyridine rings is 1. The molecule has 0 saturated heterocycles. The van der Waals surface area contributed by atoms with Crippen molar-refractivity contribution >= 4 is 46.7 Å². The summed E-state index contributed by atoms with van der Waals surface area (Å²) in [6.45, 7) is 6.45. The van der Waals surface area contributed by atoms with E-state index in [0.29, 0.717) is 12.4 Å². The Hall–Kier alpha value is -1.19. The van der Waals surface area contributed by atoms with Crippen LogP contribution in [0.3, 0.4) is 0 Å². The van der Waals surface area contributed by atoms with Gasteiger partial charge in [-0.15, -0.1) is 0 Å². The first-order valence-corrected chi connectivity index (χ1v) is 9.11. The number of hydrogen-bond donors (Lipinski definition) is 0. The molecule has 0 amide bonds. The van der Waals surface area contributed by atoms with Gasteiger partial charge in [-0.3, -0.25) is 4.98 Å². The Morgan fingerprint density at radius 3 is 3.05 bits per heavy atom. The molecule has 0 aliphatic heterocycles. The zero-order valence-corrected chi connectivity index (χ0v) is 13.4. The summed E-state index contributed by atoms with van der Waals surface area (Å²) in [6.07, 6.45) is 1.77. The van der Waals surface area contributed by atoms with Crippen molar-refractivity contribution in [3.8, 4) is 11.2 Å².